The Kier molecular flexibility index (Phi) is 4.48. The highest BCUT2D eigenvalue weighted by Crippen LogP contribution is 2.41. The van der Waals surface area contributed by atoms with E-state index in [0.717, 1.165) is 49.1 Å². The van der Waals surface area contributed by atoms with Gasteiger partial charge in [0.2, 0.25) is 0 Å². The molecular weight excluding hydrogens is 284 g/mol. The quantitative estimate of drug-likeness (QED) is 0.724. The molecule has 1 heterocycles. The summed E-state index contributed by atoms with van der Waals surface area (Å²) in [6, 6.07) is 0. The van der Waals surface area contributed by atoms with Gasteiger partial charge in [0.05, 0.1) is 12.3 Å². The number of aromatic nitrogens is 1. The monoisotopic (exact) mass is 308 g/mol. The van der Waals surface area contributed by atoms with Crippen LogP contribution in [0.4, 0.5) is 5.13 Å². The van der Waals surface area contributed by atoms with Gasteiger partial charge in [0.25, 0.3) is 0 Å². The summed E-state index contributed by atoms with van der Waals surface area (Å²) >= 11 is 1.79. The zero-order chi connectivity index (χ0) is 14.8. The minimum absolute atomic E-state index is 0.0997. The lowest BCUT2D eigenvalue weighted by molar-refractivity contribution is -0.145. The molecule has 2 aliphatic carbocycles. The van der Waals surface area contributed by atoms with E-state index in [-0.39, 0.29) is 11.9 Å². The van der Waals surface area contributed by atoms with Crippen molar-refractivity contribution in [1.82, 2.24) is 4.98 Å². The maximum absolute atomic E-state index is 12.0. The molecule has 3 rings (SSSR count). The minimum Gasteiger partial charge on any atom is -0.465 e. The van der Waals surface area contributed by atoms with E-state index in [4.69, 9.17) is 9.72 Å². The largest absolute Gasteiger partial charge is 0.465 e. The molecule has 1 atom stereocenters. The smallest absolute Gasteiger partial charge is 0.315 e. The van der Waals surface area contributed by atoms with Crippen LogP contribution in [-0.4, -0.2) is 30.6 Å². The second-order valence-electron chi connectivity index (χ2n) is 6.04. The molecule has 1 saturated carbocycles. The Hall–Kier alpha value is -1.10. The molecule has 0 saturated heterocycles. The fourth-order valence-corrected chi connectivity index (χ4v) is 4.14. The van der Waals surface area contributed by atoms with Gasteiger partial charge in [0.1, 0.15) is 5.92 Å². The fourth-order valence-electron chi connectivity index (χ4n) is 2.97. The van der Waals surface area contributed by atoms with Gasteiger partial charge in [-0.05, 0) is 44.9 Å². The first kappa shape index (κ1) is 14.8. The second-order valence-corrected chi connectivity index (χ2v) is 7.10. The molecule has 0 N–H and O–H groups in total. The van der Waals surface area contributed by atoms with Crippen LogP contribution in [0.2, 0.25) is 0 Å². The van der Waals surface area contributed by atoms with Gasteiger partial charge in [0, 0.05) is 18.0 Å². The molecule has 116 valence electrons. The number of aryl methyl sites for hydroxylation is 1. The number of carbonyl (C=O) groups excluding carboxylic acids is 1. The Morgan fingerprint density at radius 3 is 2.86 bits per heavy atom. The minimum atomic E-state index is -0.130. The molecule has 0 aliphatic heterocycles. The summed E-state index contributed by atoms with van der Waals surface area (Å²) in [5, 5.41) is 1.11. The van der Waals surface area contributed by atoms with Crippen LogP contribution in [0, 0.1) is 5.92 Å². The SMILES string of the molecule is CCCN(CC1CC1)c1nc2c(s1)CCC2C(=O)OCC. The number of hydrogen-bond donors (Lipinski definition) is 0. The van der Waals surface area contributed by atoms with Gasteiger partial charge in [-0.3, -0.25) is 4.79 Å². The van der Waals surface area contributed by atoms with E-state index in [0.29, 0.717) is 6.61 Å². The molecule has 0 spiro atoms. The van der Waals surface area contributed by atoms with Gasteiger partial charge >= 0.3 is 5.97 Å². The van der Waals surface area contributed by atoms with Crippen LogP contribution in [-0.2, 0) is 16.0 Å². The van der Waals surface area contributed by atoms with Crippen LogP contribution < -0.4 is 4.90 Å². The van der Waals surface area contributed by atoms with E-state index in [1.54, 1.807) is 11.3 Å². The van der Waals surface area contributed by atoms with Crippen molar-refractivity contribution in [3.05, 3.63) is 10.6 Å². The predicted molar refractivity (Wildman–Crippen MR) is 85.0 cm³/mol. The summed E-state index contributed by atoms with van der Waals surface area (Å²) in [5.41, 5.74) is 0.991. The summed E-state index contributed by atoms with van der Waals surface area (Å²) in [6.45, 7) is 6.71. The predicted octanol–water partition coefficient (Wildman–Crippen LogP) is 3.36. The molecule has 21 heavy (non-hydrogen) atoms. The molecule has 4 nitrogen and oxygen atoms in total. The van der Waals surface area contributed by atoms with Gasteiger partial charge in [-0.2, -0.15) is 0 Å². The van der Waals surface area contributed by atoms with Crippen molar-refractivity contribution in [2.45, 2.75) is 51.9 Å². The van der Waals surface area contributed by atoms with Gasteiger partial charge in [-0.25, -0.2) is 4.98 Å². The standard InChI is InChI=1S/C16H24N2O2S/c1-3-9-18(10-11-5-6-11)16-17-14-12(15(19)20-4-2)7-8-13(14)21-16/h11-12H,3-10H2,1-2H3. The molecule has 2 aliphatic rings. The molecule has 1 aromatic rings. The Morgan fingerprint density at radius 2 is 2.19 bits per heavy atom. The van der Waals surface area contributed by atoms with Crippen LogP contribution in [0.25, 0.3) is 0 Å². The van der Waals surface area contributed by atoms with E-state index < -0.39 is 0 Å². The lowest BCUT2D eigenvalue weighted by Crippen LogP contribution is -2.26. The second kappa shape index (κ2) is 6.34. The molecule has 0 aromatic carbocycles. The Morgan fingerprint density at radius 1 is 1.38 bits per heavy atom. The molecule has 0 radical (unpaired) electrons. The summed E-state index contributed by atoms with van der Waals surface area (Å²) in [6.07, 6.45) is 5.69. The highest BCUT2D eigenvalue weighted by molar-refractivity contribution is 7.15. The maximum Gasteiger partial charge on any atom is 0.315 e. The van der Waals surface area contributed by atoms with Crippen molar-refractivity contribution in [2.75, 3.05) is 24.6 Å². The number of anilines is 1. The number of esters is 1. The molecule has 5 heteroatoms. The van der Waals surface area contributed by atoms with Crippen molar-refractivity contribution in [2.24, 2.45) is 5.92 Å². The Balaban J connectivity index is 1.76. The first-order valence-electron chi connectivity index (χ1n) is 8.14. The summed E-state index contributed by atoms with van der Waals surface area (Å²) in [7, 11) is 0. The third kappa shape index (κ3) is 3.23. The van der Waals surface area contributed by atoms with Crippen molar-refractivity contribution >= 4 is 22.4 Å². The average Bonchev–Trinajstić information content (AvgIpc) is 3.03. The van der Waals surface area contributed by atoms with Crippen LogP contribution >= 0.6 is 11.3 Å². The van der Waals surface area contributed by atoms with Gasteiger partial charge in [-0.15, -0.1) is 11.3 Å². The van der Waals surface area contributed by atoms with Gasteiger partial charge in [-0.1, -0.05) is 6.92 Å². The van der Waals surface area contributed by atoms with E-state index in [9.17, 15) is 4.79 Å². The van der Waals surface area contributed by atoms with Crippen LogP contribution in [0.1, 0.15) is 56.0 Å². The van der Waals surface area contributed by atoms with Crippen molar-refractivity contribution < 1.29 is 9.53 Å². The molecular formula is C16H24N2O2S. The summed E-state index contributed by atoms with van der Waals surface area (Å²) in [4.78, 5) is 20.6. The lowest BCUT2D eigenvalue weighted by atomic mass is 10.1. The van der Waals surface area contributed by atoms with Crippen molar-refractivity contribution in [3.63, 3.8) is 0 Å². The van der Waals surface area contributed by atoms with Gasteiger partial charge in [0.15, 0.2) is 5.13 Å². The molecule has 0 bridgehead atoms. The number of hydrogen-bond acceptors (Lipinski definition) is 5. The number of rotatable bonds is 7. The lowest BCUT2D eigenvalue weighted by Gasteiger charge is -2.21. The average molecular weight is 308 g/mol. The number of carbonyl (C=O) groups is 1. The Labute approximate surface area is 130 Å². The zero-order valence-corrected chi connectivity index (χ0v) is 13.7. The highest BCUT2D eigenvalue weighted by atomic mass is 32.1. The van der Waals surface area contributed by atoms with Crippen molar-refractivity contribution in [3.8, 4) is 0 Å². The highest BCUT2D eigenvalue weighted by Gasteiger charge is 2.35. The Bertz CT molecular complexity index is 510. The first-order chi connectivity index (χ1) is 10.2. The number of ether oxygens (including phenoxy) is 1. The molecule has 1 fully saturated rings. The van der Waals surface area contributed by atoms with Gasteiger partial charge < -0.3 is 9.64 Å². The van der Waals surface area contributed by atoms with Crippen molar-refractivity contribution in [1.29, 1.82) is 0 Å². The molecule has 1 aromatic heterocycles. The van der Waals surface area contributed by atoms with E-state index in [1.165, 1.54) is 17.7 Å². The van der Waals surface area contributed by atoms with Crippen LogP contribution in [0.5, 0.6) is 0 Å². The summed E-state index contributed by atoms with van der Waals surface area (Å²) in [5.74, 6) is 0.628. The van der Waals surface area contributed by atoms with Crippen LogP contribution in [0.15, 0.2) is 0 Å². The third-order valence-electron chi connectivity index (χ3n) is 4.22. The maximum atomic E-state index is 12.0. The zero-order valence-electron chi connectivity index (χ0n) is 12.9. The molecule has 1 unspecified atom stereocenters. The number of thiazole rings is 1. The van der Waals surface area contributed by atoms with E-state index >= 15 is 0 Å². The van der Waals surface area contributed by atoms with E-state index in [2.05, 4.69) is 11.8 Å². The number of fused-ring (bicyclic) bond motifs is 1. The number of nitrogens with zero attached hydrogens (tertiary/aromatic N) is 2. The first-order valence-corrected chi connectivity index (χ1v) is 8.95. The fraction of sp³-hybridized carbons (Fsp3) is 0.750. The van der Waals surface area contributed by atoms with Crippen LogP contribution in [0.3, 0.4) is 0 Å². The summed E-state index contributed by atoms with van der Waals surface area (Å²) < 4.78 is 5.19. The van der Waals surface area contributed by atoms with E-state index in [1.807, 2.05) is 6.92 Å². The normalized spacial score (nSPS) is 20.4. The third-order valence-corrected chi connectivity index (χ3v) is 5.41. The topological polar surface area (TPSA) is 42.4 Å². The molecule has 0 amide bonds.